The number of carboxylic acids is 1. The summed E-state index contributed by atoms with van der Waals surface area (Å²) in [4.78, 5) is 15.4. The number of oxazole rings is 1. The van der Waals surface area contributed by atoms with Crippen molar-refractivity contribution in [3.8, 4) is 11.5 Å². The fraction of sp³-hybridized carbons (Fsp3) is 0.333. The lowest BCUT2D eigenvalue weighted by Gasteiger charge is -2.23. The van der Waals surface area contributed by atoms with Crippen LogP contribution in [0.25, 0.3) is 11.5 Å². The number of rotatable bonds is 4. The predicted molar refractivity (Wildman–Crippen MR) is 69.9 cm³/mol. The van der Waals surface area contributed by atoms with Gasteiger partial charge in [0.15, 0.2) is 5.69 Å². The minimum atomic E-state index is -1.01. The molecule has 1 saturated carbocycles. The highest BCUT2D eigenvalue weighted by atomic mass is 16.4. The first-order chi connectivity index (χ1) is 9.24. The quantitative estimate of drug-likeness (QED) is 0.911. The molecular weight excluding hydrogens is 242 g/mol. The van der Waals surface area contributed by atoms with Crippen molar-refractivity contribution in [3.63, 3.8) is 0 Å². The Balaban J connectivity index is 1.94. The second-order valence-corrected chi connectivity index (χ2v) is 4.96. The van der Waals surface area contributed by atoms with Crippen LogP contribution in [-0.4, -0.2) is 16.1 Å². The molecule has 19 heavy (non-hydrogen) atoms. The Morgan fingerprint density at radius 1 is 1.32 bits per heavy atom. The first-order valence-electron chi connectivity index (χ1n) is 6.52. The molecule has 1 heterocycles. The molecule has 1 aliphatic carbocycles. The predicted octanol–water partition coefficient (Wildman–Crippen LogP) is 3.38. The standard InChI is InChI=1S/C15H15NO3/c17-15(18)13-12(9-10-5-4-6-10)19-14(16-13)11-7-2-1-3-8-11/h1-3,7-8,10H,4-6,9H2,(H,17,18). The zero-order valence-electron chi connectivity index (χ0n) is 10.5. The van der Waals surface area contributed by atoms with E-state index in [4.69, 9.17) is 4.42 Å². The Morgan fingerprint density at radius 2 is 2.05 bits per heavy atom. The first-order valence-corrected chi connectivity index (χ1v) is 6.52. The van der Waals surface area contributed by atoms with Crippen LogP contribution in [0.4, 0.5) is 0 Å². The van der Waals surface area contributed by atoms with Gasteiger partial charge in [-0.15, -0.1) is 0 Å². The molecule has 1 aliphatic rings. The summed E-state index contributed by atoms with van der Waals surface area (Å²) >= 11 is 0. The zero-order valence-corrected chi connectivity index (χ0v) is 10.5. The lowest BCUT2D eigenvalue weighted by Crippen LogP contribution is -2.15. The highest BCUT2D eigenvalue weighted by Crippen LogP contribution is 2.32. The van der Waals surface area contributed by atoms with Gasteiger partial charge < -0.3 is 9.52 Å². The molecule has 0 aliphatic heterocycles. The van der Waals surface area contributed by atoms with Gasteiger partial charge in [0.25, 0.3) is 0 Å². The largest absolute Gasteiger partial charge is 0.476 e. The van der Waals surface area contributed by atoms with Gasteiger partial charge in [0, 0.05) is 12.0 Å². The van der Waals surface area contributed by atoms with Crippen molar-refractivity contribution < 1.29 is 14.3 Å². The Hall–Kier alpha value is -2.10. The van der Waals surface area contributed by atoms with E-state index < -0.39 is 5.97 Å². The molecule has 0 bridgehead atoms. The van der Waals surface area contributed by atoms with E-state index in [0.717, 1.165) is 18.4 Å². The van der Waals surface area contributed by atoms with Crippen LogP contribution >= 0.6 is 0 Å². The van der Waals surface area contributed by atoms with Crippen molar-refractivity contribution in [2.24, 2.45) is 5.92 Å². The lowest BCUT2D eigenvalue weighted by molar-refractivity contribution is 0.0688. The van der Waals surface area contributed by atoms with Crippen LogP contribution in [0.3, 0.4) is 0 Å². The van der Waals surface area contributed by atoms with Crippen LogP contribution in [0.5, 0.6) is 0 Å². The van der Waals surface area contributed by atoms with Gasteiger partial charge in [-0.25, -0.2) is 9.78 Å². The van der Waals surface area contributed by atoms with Gasteiger partial charge in [-0.05, 0) is 18.1 Å². The SMILES string of the molecule is O=C(O)c1nc(-c2ccccc2)oc1CC1CCC1. The van der Waals surface area contributed by atoms with Crippen LogP contribution in [0.2, 0.25) is 0 Å². The normalized spacial score (nSPS) is 15.2. The average molecular weight is 257 g/mol. The number of hydrogen-bond donors (Lipinski definition) is 1. The third kappa shape index (κ3) is 2.38. The first kappa shape index (κ1) is 12.0. The number of benzene rings is 1. The van der Waals surface area contributed by atoms with Gasteiger partial charge in [0.2, 0.25) is 5.89 Å². The Bertz CT molecular complexity index is 585. The van der Waals surface area contributed by atoms with E-state index >= 15 is 0 Å². The third-order valence-electron chi connectivity index (χ3n) is 3.62. The van der Waals surface area contributed by atoms with Crippen molar-refractivity contribution in [1.82, 2.24) is 4.98 Å². The summed E-state index contributed by atoms with van der Waals surface area (Å²) in [5.74, 6) is 0.443. The summed E-state index contributed by atoms with van der Waals surface area (Å²) in [6.45, 7) is 0. The lowest BCUT2D eigenvalue weighted by atomic mass is 9.82. The summed E-state index contributed by atoms with van der Waals surface area (Å²) in [6, 6.07) is 9.39. The molecule has 0 unspecified atom stereocenters. The van der Waals surface area contributed by atoms with Crippen molar-refractivity contribution in [2.75, 3.05) is 0 Å². The van der Waals surface area contributed by atoms with Crippen LogP contribution in [0.15, 0.2) is 34.7 Å². The second-order valence-electron chi connectivity index (χ2n) is 4.96. The molecular formula is C15H15NO3. The molecule has 4 heteroatoms. The fourth-order valence-electron chi connectivity index (χ4n) is 2.32. The molecule has 0 atom stereocenters. The van der Waals surface area contributed by atoms with Crippen molar-refractivity contribution >= 4 is 5.97 Å². The maximum atomic E-state index is 11.2. The van der Waals surface area contributed by atoms with Gasteiger partial charge in [0.05, 0.1) is 0 Å². The van der Waals surface area contributed by atoms with Gasteiger partial charge in [-0.1, -0.05) is 37.5 Å². The maximum Gasteiger partial charge on any atom is 0.358 e. The van der Waals surface area contributed by atoms with Crippen LogP contribution in [-0.2, 0) is 6.42 Å². The molecule has 0 saturated heterocycles. The van der Waals surface area contributed by atoms with E-state index in [2.05, 4.69) is 4.98 Å². The van der Waals surface area contributed by atoms with E-state index in [1.165, 1.54) is 6.42 Å². The monoisotopic (exact) mass is 257 g/mol. The van der Waals surface area contributed by atoms with Crippen molar-refractivity contribution in [1.29, 1.82) is 0 Å². The second kappa shape index (κ2) is 4.88. The number of nitrogens with zero attached hydrogens (tertiary/aromatic N) is 1. The molecule has 1 N–H and O–H groups in total. The average Bonchev–Trinajstić information content (AvgIpc) is 2.79. The van der Waals surface area contributed by atoms with E-state index in [1.54, 1.807) is 0 Å². The third-order valence-corrected chi connectivity index (χ3v) is 3.62. The van der Waals surface area contributed by atoms with Crippen LogP contribution in [0, 0.1) is 5.92 Å². The Morgan fingerprint density at radius 3 is 2.63 bits per heavy atom. The summed E-state index contributed by atoms with van der Waals surface area (Å²) in [6.07, 6.45) is 4.22. The molecule has 3 rings (SSSR count). The Kier molecular flexibility index (Phi) is 3.07. The molecule has 0 spiro atoms. The number of aromatic nitrogens is 1. The van der Waals surface area contributed by atoms with Gasteiger partial charge >= 0.3 is 5.97 Å². The Labute approximate surface area is 111 Å². The highest BCUT2D eigenvalue weighted by molar-refractivity contribution is 5.87. The summed E-state index contributed by atoms with van der Waals surface area (Å²) in [7, 11) is 0. The fourth-order valence-corrected chi connectivity index (χ4v) is 2.32. The minimum absolute atomic E-state index is 0.0609. The number of hydrogen-bond acceptors (Lipinski definition) is 3. The van der Waals surface area contributed by atoms with Crippen LogP contribution in [0.1, 0.15) is 35.5 Å². The van der Waals surface area contributed by atoms with Gasteiger partial charge in [0.1, 0.15) is 5.76 Å². The summed E-state index contributed by atoms with van der Waals surface area (Å²) < 4.78 is 5.68. The molecule has 0 amide bonds. The smallest absolute Gasteiger partial charge is 0.358 e. The zero-order chi connectivity index (χ0) is 13.2. The van der Waals surface area contributed by atoms with E-state index in [1.807, 2.05) is 30.3 Å². The molecule has 4 nitrogen and oxygen atoms in total. The molecule has 0 radical (unpaired) electrons. The highest BCUT2D eigenvalue weighted by Gasteiger charge is 2.25. The van der Waals surface area contributed by atoms with E-state index in [-0.39, 0.29) is 5.69 Å². The van der Waals surface area contributed by atoms with E-state index in [0.29, 0.717) is 24.0 Å². The molecule has 1 fully saturated rings. The van der Waals surface area contributed by atoms with Crippen molar-refractivity contribution in [3.05, 3.63) is 41.8 Å². The topological polar surface area (TPSA) is 63.3 Å². The molecule has 98 valence electrons. The summed E-state index contributed by atoms with van der Waals surface area (Å²) in [5.41, 5.74) is 0.871. The summed E-state index contributed by atoms with van der Waals surface area (Å²) in [5, 5.41) is 9.21. The van der Waals surface area contributed by atoms with E-state index in [9.17, 15) is 9.90 Å². The molecule has 2 aromatic rings. The number of carboxylic acid groups (broad SMARTS) is 1. The number of aromatic carboxylic acids is 1. The van der Waals surface area contributed by atoms with Crippen molar-refractivity contribution in [2.45, 2.75) is 25.7 Å². The minimum Gasteiger partial charge on any atom is -0.476 e. The molecule has 1 aromatic carbocycles. The number of carbonyl (C=O) groups is 1. The van der Waals surface area contributed by atoms with Gasteiger partial charge in [-0.2, -0.15) is 0 Å². The van der Waals surface area contributed by atoms with Crippen LogP contribution < -0.4 is 0 Å². The maximum absolute atomic E-state index is 11.2. The molecule has 1 aromatic heterocycles. The van der Waals surface area contributed by atoms with Gasteiger partial charge in [-0.3, -0.25) is 0 Å².